The van der Waals surface area contributed by atoms with E-state index in [1.807, 2.05) is 0 Å². The van der Waals surface area contributed by atoms with Crippen molar-refractivity contribution in [3.63, 3.8) is 0 Å². The smallest absolute Gasteiger partial charge is 0.324 e. The van der Waals surface area contributed by atoms with Crippen LogP contribution < -0.4 is 0 Å². The number of aromatic amines is 1. The Labute approximate surface area is 385 Å². The fourth-order valence-electron chi connectivity index (χ4n) is 9.72. The molecule has 4 aromatic carbocycles. The lowest BCUT2D eigenvalue weighted by Crippen LogP contribution is -2.75. The number of benzene rings is 4. The molecular weight excluding hydrogens is 949 g/mol. The zero-order chi connectivity index (χ0) is 49.6. The number of fused-ring (bicyclic) bond motifs is 20. The molecule has 0 saturated heterocycles. The summed E-state index contributed by atoms with van der Waals surface area (Å²) in [6.07, 6.45) is -13.7. The van der Waals surface area contributed by atoms with Gasteiger partial charge in [-0.05, 0) is 19.3 Å². The Kier molecular flexibility index (Phi) is 10.8. The van der Waals surface area contributed by atoms with Gasteiger partial charge in [0.05, 0.1) is 0 Å². The molecule has 1 N–H and O–H groups in total. The normalized spacial score (nSPS) is 14.7. The maximum atomic E-state index is 21.5. The van der Waals surface area contributed by atoms with Crippen molar-refractivity contribution in [1.82, 2.24) is 38.9 Å². The monoisotopic (exact) mass is 990 g/mol. The van der Waals surface area contributed by atoms with Crippen molar-refractivity contribution >= 4 is 53.0 Å². The number of aromatic nitrogens is 8. The third-order valence-electron chi connectivity index (χ3n) is 13.3. The van der Waals surface area contributed by atoms with Crippen molar-refractivity contribution in [3.05, 3.63) is 97.1 Å². The molecule has 2 aliphatic rings. The molecule has 0 fully saturated rings. The van der Waals surface area contributed by atoms with E-state index in [9.17, 15) is 13.2 Å². The van der Waals surface area contributed by atoms with Gasteiger partial charge in [0.15, 0.2) is 34.6 Å². The van der Waals surface area contributed by atoms with Gasteiger partial charge < -0.3 is 4.98 Å². The largest absolute Gasteiger partial charge is 0.460 e. The summed E-state index contributed by atoms with van der Waals surface area (Å²) in [5, 5.41) is -13.3. The van der Waals surface area contributed by atoms with Gasteiger partial charge in [-0.25, -0.2) is 29.9 Å². The Bertz CT molecular complexity index is 3210. The van der Waals surface area contributed by atoms with Crippen molar-refractivity contribution in [1.29, 1.82) is 0 Å². The molecule has 0 saturated carbocycles. The molecule has 0 radical (unpaired) electrons. The molecule has 8 nitrogen and oxygen atoms in total. The minimum absolute atomic E-state index is 0.0550. The Morgan fingerprint density at radius 3 is 1.19 bits per heavy atom. The van der Waals surface area contributed by atoms with Gasteiger partial charge in [0.25, 0.3) is 0 Å². The summed E-state index contributed by atoms with van der Waals surface area (Å²) in [6, 6.07) is 23.8. The number of hydrogen-bond acceptors (Lipinski definition) is 6. The van der Waals surface area contributed by atoms with Gasteiger partial charge in [-0.3, -0.25) is 3.97 Å². The number of nitrogens with one attached hydrogen (secondary N) is 1. The highest BCUT2D eigenvalue weighted by Gasteiger charge is 2.99. The number of hydrogen-bond donors (Lipinski definition) is 1. The van der Waals surface area contributed by atoms with Crippen LogP contribution in [0.2, 0.25) is 0 Å². The quantitative estimate of drug-likeness (QED) is 0.116. The molecule has 7 aromatic rings. The van der Waals surface area contributed by atoms with Crippen molar-refractivity contribution in [2.45, 2.75) is 87.8 Å². The van der Waals surface area contributed by atoms with Crippen LogP contribution in [-0.2, 0) is 0 Å². The molecular formula is C48H42F12N8S. The minimum atomic E-state index is -10.1. The molecule has 3 aromatic heterocycles. The van der Waals surface area contributed by atoms with E-state index in [4.69, 9.17) is 9.97 Å². The average molecular weight is 991 g/mol. The first-order chi connectivity index (χ1) is 32.5. The van der Waals surface area contributed by atoms with Crippen LogP contribution in [0.4, 0.5) is 52.2 Å². The van der Waals surface area contributed by atoms with Gasteiger partial charge >= 0.3 is 28.5 Å². The molecule has 0 unspecified atom stereocenters. The molecule has 364 valence electrons. The van der Waals surface area contributed by atoms with E-state index in [0.717, 1.165) is 19.1 Å². The van der Waals surface area contributed by atoms with E-state index in [2.05, 4.69) is 24.9 Å². The van der Waals surface area contributed by atoms with Crippen LogP contribution in [-0.4, -0.2) is 78.9 Å². The Hall–Kier alpha value is -6.25. The second kappa shape index (κ2) is 15.6. The highest BCUT2D eigenvalue weighted by molar-refractivity contribution is 8.61. The van der Waals surface area contributed by atoms with Crippen LogP contribution in [0.5, 0.6) is 0 Å². The lowest BCUT2D eigenvalue weighted by molar-refractivity contribution is -0.383. The van der Waals surface area contributed by atoms with Crippen LogP contribution in [0.15, 0.2) is 97.1 Å². The average Bonchev–Trinajstić information content (AvgIpc) is 4.05. The minimum Gasteiger partial charge on any atom is -0.324 e. The standard InChI is InChI=1S/C48H42F12N8S/c1-4-7-26-69(60,27-8-5-2,44(49,50)25-6-3,48(58,59)46(53,54)45(51,52)47(55,56)57)68-42-34-23-15-16-24-35(34)43(68)67-41-33-22-14-12-20-31(33)39(65-41)63-37-29-18-10-9-17-28(29)36(61-37)62-38-30-19-11-13-21-32(30)40(64-38)66-42/h9-24H,4-8,25-27H2,1-3H3,(H,61,62,63,64,65,66,67). The number of nitrogens with zero attached hydrogens (tertiary/aromatic N) is 7. The van der Waals surface area contributed by atoms with Crippen molar-refractivity contribution in [2.24, 2.45) is 0 Å². The van der Waals surface area contributed by atoms with Gasteiger partial charge in [0, 0.05) is 70.6 Å². The van der Waals surface area contributed by atoms with E-state index in [-0.39, 0.29) is 45.2 Å². The molecule has 9 rings (SSSR count). The van der Waals surface area contributed by atoms with Gasteiger partial charge in [-0.15, -0.1) is 0 Å². The molecule has 5 heterocycles. The first-order valence-corrected chi connectivity index (χ1v) is 24.7. The first-order valence-electron chi connectivity index (χ1n) is 22.1. The SMILES string of the molecule is CCCCS(F)(CCCC)(n1c2nc3nc(nc4[nH]c(nc5nc(nc1c1ccccc12)-c1ccccc1-5)c1ccccc41)-c1ccccc1-3)(C(F)(F)CCC)C(F)(F)C(F)(F)C(F)(F)C(F)(F)F. The van der Waals surface area contributed by atoms with E-state index in [0.29, 0.717) is 10.8 Å². The fourth-order valence-corrected chi connectivity index (χ4v) is 17.2. The maximum Gasteiger partial charge on any atom is 0.460 e. The molecule has 2 aliphatic heterocycles. The summed E-state index contributed by atoms with van der Waals surface area (Å²) in [6.45, 7) is 3.41. The number of halogens is 12. The van der Waals surface area contributed by atoms with Crippen molar-refractivity contribution < 1.29 is 52.2 Å². The van der Waals surface area contributed by atoms with Crippen LogP contribution in [0.1, 0.15) is 59.3 Å². The van der Waals surface area contributed by atoms with Gasteiger partial charge in [0.1, 0.15) is 11.3 Å². The molecule has 21 heteroatoms. The van der Waals surface area contributed by atoms with Crippen LogP contribution in [0, 0.1) is 0 Å². The lowest BCUT2D eigenvalue weighted by atomic mass is 10.1. The number of rotatable bonds is 13. The number of alkyl halides is 11. The molecule has 0 atom stereocenters. The molecule has 0 aliphatic carbocycles. The molecule has 69 heavy (non-hydrogen) atoms. The third kappa shape index (κ3) is 6.06. The predicted octanol–water partition coefficient (Wildman–Crippen LogP) is 15.3. The molecule has 8 bridgehead atoms. The summed E-state index contributed by atoms with van der Waals surface area (Å²) in [5.74, 6) is -21.6. The lowest BCUT2D eigenvalue weighted by Gasteiger charge is -2.78. The number of unbranched alkanes of at least 4 members (excludes halogenated alkanes) is 2. The summed E-state index contributed by atoms with van der Waals surface area (Å²) in [5.41, 5.74) is -1.59. The third-order valence-corrected chi connectivity index (χ3v) is 20.8. The summed E-state index contributed by atoms with van der Waals surface area (Å²) in [7, 11) is -10.1. The summed E-state index contributed by atoms with van der Waals surface area (Å²) < 4.78 is 204. The first kappa shape index (κ1) is 47.8. The summed E-state index contributed by atoms with van der Waals surface area (Å²) in [4.78, 5) is 31.0. The Balaban J connectivity index is 1.67. The van der Waals surface area contributed by atoms with E-state index < -0.39 is 125 Å². The molecule has 0 spiro atoms. The van der Waals surface area contributed by atoms with Crippen LogP contribution in [0.3, 0.4) is 0 Å². The predicted molar refractivity (Wildman–Crippen MR) is 244 cm³/mol. The molecule has 0 amide bonds. The van der Waals surface area contributed by atoms with E-state index >= 15 is 39.0 Å². The zero-order valence-corrected chi connectivity index (χ0v) is 37.8. The van der Waals surface area contributed by atoms with Crippen LogP contribution in [0.25, 0.3) is 89.7 Å². The zero-order valence-electron chi connectivity index (χ0n) is 37.0. The summed E-state index contributed by atoms with van der Waals surface area (Å²) >= 11 is 0. The number of H-pyrrole nitrogens is 1. The Morgan fingerprint density at radius 1 is 0.464 bits per heavy atom. The van der Waals surface area contributed by atoms with Crippen molar-refractivity contribution in [3.8, 4) is 45.6 Å². The van der Waals surface area contributed by atoms with Crippen LogP contribution >= 0.6 is 8.87 Å². The topological polar surface area (TPSA) is 98.1 Å². The van der Waals surface area contributed by atoms with E-state index in [1.54, 1.807) is 36.4 Å². The van der Waals surface area contributed by atoms with Gasteiger partial charge in [-0.1, -0.05) is 131 Å². The Morgan fingerprint density at radius 2 is 0.826 bits per heavy atom. The van der Waals surface area contributed by atoms with E-state index in [1.165, 1.54) is 62.4 Å². The second-order valence-corrected chi connectivity index (χ2v) is 23.2. The second-order valence-electron chi connectivity index (χ2n) is 17.3. The fraction of sp³-hybridized carbons (Fsp3) is 0.333. The highest BCUT2D eigenvalue weighted by atomic mass is 32.4. The maximum absolute atomic E-state index is 21.5. The van der Waals surface area contributed by atoms with Crippen molar-refractivity contribution in [2.75, 3.05) is 11.5 Å². The highest BCUT2D eigenvalue weighted by Crippen LogP contribution is 3.07. The van der Waals surface area contributed by atoms with Gasteiger partial charge in [-0.2, -0.15) is 52.2 Å². The van der Waals surface area contributed by atoms with Gasteiger partial charge in [0.2, 0.25) is 0 Å².